The number of benzene rings is 1. The minimum atomic E-state index is -0.318. The molecule has 3 nitrogen and oxygen atoms in total. The Morgan fingerprint density at radius 3 is 2.50 bits per heavy atom. The normalized spacial score (nSPS) is 13.8. The fraction of sp³-hybridized carbons (Fsp3) is 0.267. The van der Waals surface area contributed by atoms with Crippen LogP contribution in [0, 0.1) is 5.92 Å². The third kappa shape index (κ3) is 4.09. The van der Waals surface area contributed by atoms with Crippen molar-refractivity contribution in [2.75, 3.05) is 0 Å². The van der Waals surface area contributed by atoms with Crippen molar-refractivity contribution in [1.82, 2.24) is 0 Å². The molecule has 0 heterocycles. The first kappa shape index (κ1) is 14.0. The summed E-state index contributed by atoms with van der Waals surface area (Å²) in [4.78, 5) is 12.0. The molecule has 0 aliphatic carbocycles. The van der Waals surface area contributed by atoms with Crippen molar-refractivity contribution in [1.29, 1.82) is 0 Å². The third-order valence-corrected chi connectivity index (χ3v) is 2.53. The van der Waals surface area contributed by atoms with E-state index in [4.69, 9.17) is 5.11 Å². The number of hydrogen-bond donors (Lipinski definition) is 2. The molecule has 0 spiro atoms. The maximum Gasteiger partial charge on any atom is 0.169 e. The number of ketones is 1. The van der Waals surface area contributed by atoms with Gasteiger partial charge < -0.3 is 10.2 Å². The molecule has 1 unspecified atom stereocenters. The molecule has 1 aromatic rings. The molecule has 0 aliphatic heterocycles. The van der Waals surface area contributed by atoms with Crippen molar-refractivity contribution in [3.63, 3.8) is 0 Å². The van der Waals surface area contributed by atoms with Gasteiger partial charge in [0.05, 0.1) is 0 Å². The lowest BCUT2D eigenvalue weighted by Gasteiger charge is -2.05. The SMILES string of the molecule is CC/C=C(O)\C=C/C(C)C(=O)c1ccc(O)cc1. The van der Waals surface area contributed by atoms with Gasteiger partial charge in [-0.1, -0.05) is 19.9 Å². The predicted octanol–water partition coefficient (Wildman–Crippen LogP) is 3.62. The molecule has 18 heavy (non-hydrogen) atoms. The lowest BCUT2D eigenvalue weighted by molar-refractivity contribution is 0.0953. The average molecular weight is 246 g/mol. The lowest BCUT2D eigenvalue weighted by Crippen LogP contribution is -2.08. The standard InChI is InChI=1S/C15H18O3/c1-3-4-13(16)8-5-11(2)15(18)12-6-9-14(17)10-7-12/h4-11,16-17H,3H2,1-2H3/b8-5-,13-4+. The van der Waals surface area contributed by atoms with Crippen LogP contribution in [-0.2, 0) is 0 Å². The molecule has 3 heteroatoms. The van der Waals surface area contributed by atoms with E-state index < -0.39 is 0 Å². The lowest BCUT2D eigenvalue weighted by atomic mass is 9.99. The highest BCUT2D eigenvalue weighted by Gasteiger charge is 2.12. The maximum absolute atomic E-state index is 12.0. The Balaban J connectivity index is 2.73. The second kappa shape index (κ2) is 6.64. The summed E-state index contributed by atoms with van der Waals surface area (Å²) in [5.74, 6) is -0.0568. The van der Waals surface area contributed by atoms with Gasteiger partial charge in [-0.15, -0.1) is 0 Å². The molecule has 0 radical (unpaired) electrons. The van der Waals surface area contributed by atoms with Crippen molar-refractivity contribution < 1.29 is 15.0 Å². The van der Waals surface area contributed by atoms with Crippen molar-refractivity contribution in [3.05, 3.63) is 53.8 Å². The molecule has 96 valence electrons. The zero-order valence-corrected chi connectivity index (χ0v) is 10.6. The summed E-state index contributed by atoms with van der Waals surface area (Å²) >= 11 is 0. The van der Waals surface area contributed by atoms with Crippen molar-refractivity contribution >= 4 is 5.78 Å². The maximum atomic E-state index is 12.0. The Morgan fingerprint density at radius 1 is 1.33 bits per heavy atom. The van der Waals surface area contributed by atoms with Crippen LogP contribution in [0.25, 0.3) is 0 Å². The Labute approximate surface area is 107 Å². The summed E-state index contributed by atoms with van der Waals surface area (Å²) < 4.78 is 0. The van der Waals surface area contributed by atoms with Gasteiger partial charge in [-0.2, -0.15) is 0 Å². The van der Waals surface area contributed by atoms with Crippen LogP contribution in [-0.4, -0.2) is 16.0 Å². The first-order chi connectivity index (χ1) is 8.54. The summed E-state index contributed by atoms with van der Waals surface area (Å²) in [7, 11) is 0. The van der Waals surface area contributed by atoms with Gasteiger partial charge >= 0.3 is 0 Å². The molecule has 2 N–H and O–H groups in total. The zero-order chi connectivity index (χ0) is 13.5. The molecule has 1 rings (SSSR count). The molecule has 0 aliphatic rings. The van der Waals surface area contributed by atoms with Gasteiger partial charge in [-0.05, 0) is 42.8 Å². The zero-order valence-electron chi connectivity index (χ0n) is 10.6. The van der Waals surface area contributed by atoms with Gasteiger partial charge in [-0.3, -0.25) is 4.79 Å². The first-order valence-electron chi connectivity index (χ1n) is 5.95. The Kier molecular flexibility index (Phi) is 5.18. The highest BCUT2D eigenvalue weighted by atomic mass is 16.3. The van der Waals surface area contributed by atoms with Crippen LogP contribution in [0.3, 0.4) is 0 Å². The van der Waals surface area contributed by atoms with Gasteiger partial charge in [0.25, 0.3) is 0 Å². The molecule has 1 atom stereocenters. The van der Waals surface area contributed by atoms with E-state index in [0.717, 1.165) is 6.42 Å². The number of Topliss-reactive ketones (excluding diaryl/α,β-unsaturated/α-hetero) is 1. The minimum Gasteiger partial charge on any atom is -0.508 e. The van der Waals surface area contributed by atoms with E-state index in [1.165, 1.54) is 18.2 Å². The molecule has 0 amide bonds. The molecule has 1 aromatic carbocycles. The van der Waals surface area contributed by atoms with E-state index in [-0.39, 0.29) is 23.2 Å². The summed E-state index contributed by atoms with van der Waals surface area (Å²) in [6.45, 7) is 3.69. The number of allylic oxidation sites excluding steroid dienone is 3. The van der Waals surface area contributed by atoms with Crippen molar-refractivity contribution in [2.24, 2.45) is 5.92 Å². The molecular weight excluding hydrogens is 228 g/mol. The van der Waals surface area contributed by atoms with Crippen LogP contribution < -0.4 is 0 Å². The number of phenolic OH excluding ortho intramolecular Hbond substituents is 1. The van der Waals surface area contributed by atoms with E-state index in [1.54, 1.807) is 31.2 Å². The van der Waals surface area contributed by atoms with Crippen LogP contribution in [0.4, 0.5) is 0 Å². The van der Waals surface area contributed by atoms with E-state index in [0.29, 0.717) is 5.56 Å². The highest BCUT2D eigenvalue weighted by Crippen LogP contribution is 2.14. The summed E-state index contributed by atoms with van der Waals surface area (Å²) in [6, 6.07) is 6.14. The number of hydrogen-bond acceptors (Lipinski definition) is 3. The molecule has 0 saturated heterocycles. The van der Waals surface area contributed by atoms with Crippen molar-refractivity contribution in [2.45, 2.75) is 20.3 Å². The third-order valence-electron chi connectivity index (χ3n) is 2.53. The number of carbonyl (C=O) groups excluding carboxylic acids is 1. The van der Waals surface area contributed by atoms with Gasteiger partial charge in [-0.25, -0.2) is 0 Å². The predicted molar refractivity (Wildman–Crippen MR) is 71.7 cm³/mol. The number of aromatic hydroxyl groups is 1. The summed E-state index contributed by atoms with van der Waals surface area (Å²) in [5, 5.41) is 18.6. The second-order valence-electron chi connectivity index (χ2n) is 4.10. The Hall–Kier alpha value is -2.03. The Bertz CT molecular complexity index is 455. The van der Waals surface area contributed by atoms with Crippen LogP contribution in [0.15, 0.2) is 48.3 Å². The molecule has 0 saturated carbocycles. The molecular formula is C15H18O3. The largest absolute Gasteiger partial charge is 0.508 e. The number of aliphatic hydroxyl groups excluding tert-OH is 1. The van der Waals surface area contributed by atoms with Crippen molar-refractivity contribution in [3.8, 4) is 5.75 Å². The average Bonchev–Trinajstić information content (AvgIpc) is 2.36. The summed E-state index contributed by atoms with van der Waals surface area (Å²) in [5.41, 5.74) is 0.545. The monoisotopic (exact) mass is 246 g/mol. The van der Waals surface area contributed by atoms with Gasteiger partial charge in [0.15, 0.2) is 5.78 Å². The van der Waals surface area contributed by atoms with Gasteiger partial charge in [0, 0.05) is 11.5 Å². The highest BCUT2D eigenvalue weighted by molar-refractivity contribution is 5.98. The Morgan fingerprint density at radius 2 is 1.94 bits per heavy atom. The fourth-order valence-electron chi connectivity index (χ4n) is 1.50. The smallest absolute Gasteiger partial charge is 0.169 e. The number of carbonyl (C=O) groups is 1. The van der Waals surface area contributed by atoms with Gasteiger partial charge in [0.2, 0.25) is 0 Å². The second-order valence-corrected chi connectivity index (χ2v) is 4.10. The van der Waals surface area contributed by atoms with E-state index in [1.807, 2.05) is 6.92 Å². The van der Waals surface area contributed by atoms with E-state index in [9.17, 15) is 9.90 Å². The fourth-order valence-corrected chi connectivity index (χ4v) is 1.50. The first-order valence-corrected chi connectivity index (χ1v) is 5.95. The van der Waals surface area contributed by atoms with E-state index in [2.05, 4.69) is 0 Å². The van der Waals surface area contributed by atoms with Gasteiger partial charge in [0.1, 0.15) is 11.5 Å². The van der Waals surface area contributed by atoms with Crippen LogP contribution >= 0.6 is 0 Å². The molecule has 0 bridgehead atoms. The number of phenols is 1. The topological polar surface area (TPSA) is 57.5 Å². The molecule has 0 fully saturated rings. The van der Waals surface area contributed by atoms with Crippen LogP contribution in [0.1, 0.15) is 30.6 Å². The van der Waals surface area contributed by atoms with Crippen LogP contribution in [0.5, 0.6) is 5.75 Å². The quantitative estimate of drug-likeness (QED) is 0.474. The minimum absolute atomic E-state index is 0.0458. The van der Waals surface area contributed by atoms with E-state index >= 15 is 0 Å². The summed E-state index contributed by atoms with van der Waals surface area (Å²) in [6.07, 6.45) is 5.62. The molecule has 0 aromatic heterocycles. The number of aliphatic hydroxyl groups is 1. The number of rotatable bonds is 5. The van der Waals surface area contributed by atoms with Crippen LogP contribution in [0.2, 0.25) is 0 Å².